The number of hydrogen-bond acceptors (Lipinski definition) is 6. The number of aryl methyl sites for hydroxylation is 1. The third-order valence-electron chi connectivity index (χ3n) is 4.93. The summed E-state index contributed by atoms with van der Waals surface area (Å²) in [6.07, 6.45) is 0.659. The maximum Gasteiger partial charge on any atom is 0.330 e. The SMILES string of the molecule is COc1ccc(CCC(=O)NC(C)C(=O)NCc2cc(=O)n(C)c(=O)n2C)cc1OC. The van der Waals surface area contributed by atoms with Crippen molar-refractivity contribution in [3.63, 3.8) is 0 Å². The number of nitrogens with zero attached hydrogens (tertiary/aromatic N) is 2. The molecule has 1 unspecified atom stereocenters. The zero-order valence-corrected chi connectivity index (χ0v) is 18.4. The second kappa shape index (κ2) is 10.5. The monoisotopic (exact) mass is 432 g/mol. The molecule has 0 bridgehead atoms. The van der Waals surface area contributed by atoms with Crippen molar-refractivity contribution in [1.29, 1.82) is 0 Å². The molecule has 10 heteroatoms. The minimum atomic E-state index is -0.776. The molecular formula is C21H28N4O6. The van der Waals surface area contributed by atoms with E-state index in [1.165, 1.54) is 24.7 Å². The first kappa shape index (κ1) is 23.7. The molecule has 1 aromatic carbocycles. The summed E-state index contributed by atoms with van der Waals surface area (Å²) in [6, 6.07) is 5.93. The lowest BCUT2D eigenvalue weighted by molar-refractivity contribution is -0.128. The van der Waals surface area contributed by atoms with Gasteiger partial charge in [-0.3, -0.25) is 23.5 Å². The molecule has 0 fully saturated rings. The fourth-order valence-electron chi connectivity index (χ4n) is 2.95. The van der Waals surface area contributed by atoms with E-state index in [0.717, 1.165) is 10.1 Å². The zero-order valence-electron chi connectivity index (χ0n) is 18.4. The van der Waals surface area contributed by atoms with Crippen LogP contribution in [0, 0.1) is 0 Å². The number of amides is 2. The Morgan fingerprint density at radius 3 is 2.35 bits per heavy atom. The Balaban J connectivity index is 1.88. The van der Waals surface area contributed by atoms with E-state index in [2.05, 4.69) is 10.6 Å². The molecule has 1 aromatic heterocycles. The number of aromatic nitrogens is 2. The fraction of sp³-hybridized carbons (Fsp3) is 0.429. The maximum absolute atomic E-state index is 12.3. The van der Waals surface area contributed by atoms with E-state index in [0.29, 0.717) is 23.6 Å². The Morgan fingerprint density at radius 2 is 1.71 bits per heavy atom. The minimum absolute atomic E-state index is 0.00743. The molecule has 0 radical (unpaired) electrons. The summed E-state index contributed by atoms with van der Waals surface area (Å²) in [5.74, 6) is 0.485. The van der Waals surface area contributed by atoms with Gasteiger partial charge in [-0.25, -0.2) is 4.79 Å². The largest absolute Gasteiger partial charge is 0.493 e. The van der Waals surface area contributed by atoms with Crippen LogP contribution in [0.3, 0.4) is 0 Å². The average Bonchev–Trinajstić information content (AvgIpc) is 2.77. The number of hydrogen-bond donors (Lipinski definition) is 2. The summed E-state index contributed by atoms with van der Waals surface area (Å²) in [4.78, 5) is 48.2. The van der Waals surface area contributed by atoms with Crippen molar-refractivity contribution < 1.29 is 19.1 Å². The lowest BCUT2D eigenvalue weighted by atomic mass is 10.1. The number of nitrogens with one attached hydrogen (secondary N) is 2. The summed E-state index contributed by atoms with van der Waals surface area (Å²) in [7, 11) is 5.99. The molecule has 168 valence electrons. The number of ether oxygens (including phenoxy) is 2. The van der Waals surface area contributed by atoms with Crippen LogP contribution in [-0.4, -0.2) is 41.2 Å². The van der Waals surface area contributed by atoms with Crippen LogP contribution in [0.4, 0.5) is 0 Å². The fourth-order valence-corrected chi connectivity index (χ4v) is 2.95. The topological polar surface area (TPSA) is 121 Å². The predicted molar refractivity (Wildman–Crippen MR) is 114 cm³/mol. The van der Waals surface area contributed by atoms with Gasteiger partial charge >= 0.3 is 5.69 Å². The highest BCUT2D eigenvalue weighted by molar-refractivity contribution is 5.87. The normalized spacial score (nSPS) is 11.5. The van der Waals surface area contributed by atoms with Crippen LogP contribution in [0.25, 0.3) is 0 Å². The molecule has 31 heavy (non-hydrogen) atoms. The second-order valence-electron chi connectivity index (χ2n) is 7.07. The van der Waals surface area contributed by atoms with Gasteiger partial charge in [0.05, 0.1) is 20.8 Å². The van der Waals surface area contributed by atoms with Crippen molar-refractivity contribution in [2.45, 2.75) is 32.4 Å². The Morgan fingerprint density at radius 1 is 1.03 bits per heavy atom. The van der Waals surface area contributed by atoms with E-state index in [4.69, 9.17) is 9.47 Å². The number of carbonyl (C=O) groups excluding carboxylic acids is 2. The highest BCUT2D eigenvalue weighted by Crippen LogP contribution is 2.27. The molecule has 0 aliphatic rings. The number of benzene rings is 1. The molecule has 0 aliphatic carbocycles. The van der Waals surface area contributed by atoms with E-state index < -0.39 is 23.2 Å². The molecule has 10 nitrogen and oxygen atoms in total. The maximum atomic E-state index is 12.3. The van der Waals surface area contributed by atoms with Crippen LogP contribution in [-0.2, 0) is 36.6 Å². The molecule has 0 spiro atoms. The third kappa shape index (κ3) is 5.97. The molecule has 2 N–H and O–H groups in total. The number of carbonyl (C=O) groups is 2. The van der Waals surface area contributed by atoms with E-state index in [1.54, 1.807) is 33.3 Å². The highest BCUT2D eigenvalue weighted by Gasteiger charge is 2.16. The first-order valence-electron chi connectivity index (χ1n) is 9.71. The van der Waals surface area contributed by atoms with Gasteiger partial charge in [-0.15, -0.1) is 0 Å². The van der Waals surface area contributed by atoms with Crippen LogP contribution < -0.4 is 31.4 Å². The summed E-state index contributed by atoms with van der Waals surface area (Å²) < 4.78 is 12.7. The van der Waals surface area contributed by atoms with Gasteiger partial charge in [-0.2, -0.15) is 0 Å². The van der Waals surface area contributed by atoms with Gasteiger partial charge in [-0.1, -0.05) is 6.07 Å². The van der Waals surface area contributed by atoms with Crippen molar-refractivity contribution in [3.8, 4) is 11.5 Å². The molecule has 1 atom stereocenters. The molecular weight excluding hydrogens is 404 g/mol. The Kier molecular flexibility index (Phi) is 8.00. The van der Waals surface area contributed by atoms with Gasteiger partial charge in [0.2, 0.25) is 11.8 Å². The Labute approximate surface area is 179 Å². The molecule has 1 heterocycles. The quantitative estimate of drug-likeness (QED) is 0.569. The molecule has 2 rings (SSSR count). The van der Waals surface area contributed by atoms with E-state index in [-0.39, 0.29) is 18.9 Å². The lowest BCUT2D eigenvalue weighted by Crippen LogP contribution is -2.45. The molecule has 0 saturated carbocycles. The number of rotatable bonds is 9. The Bertz CT molecular complexity index is 1070. The van der Waals surface area contributed by atoms with Crippen molar-refractivity contribution in [1.82, 2.24) is 19.8 Å². The van der Waals surface area contributed by atoms with E-state index >= 15 is 0 Å². The number of methoxy groups -OCH3 is 2. The van der Waals surface area contributed by atoms with Crippen LogP contribution in [0.1, 0.15) is 24.6 Å². The molecule has 0 saturated heterocycles. The van der Waals surface area contributed by atoms with Gasteiger partial charge in [0.1, 0.15) is 6.04 Å². The van der Waals surface area contributed by atoms with E-state index in [1.807, 2.05) is 6.07 Å². The van der Waals surface area contributed by atoms with Gasteiger partial charge in [-0.05, 0) is 31.0 Å². The second-order valence-corrected chi connectivity index (χ2v) is 7.07. The van der Waals surface area contributed by atoms with Crippen molar-refractivity contribution in [3.05, 3.63) is 56.4 Å². The summed E-state index contributed by atoms with van der Waals surface area (Å²) >= 11 is 0. The first-order valence-corrected chi connectivity index (χ1v) is 9.71. The van der Waals surface area contributed by atoms with Crippen LogP contribution in [0.2, 0.25) is 0 Å². The minimum Gasteiger partial charge on any atom is -0.493 e. The van der Waals surface area contributed by atoms with Crippen LogP contribution in [0.5, 0.6) is 11.5 Å². The third-order valence-corrected chi connectivity index (χ3v) is 4.93. The van der Waals surface area contributed by atoms with Gasteiger partial charge in [0.25, 0.3) is 5.56 Å². The van der Waals surface area contributed by atoms with Crippen molar-refractivity contribution in [2.75, 3.05) is 14.2 Å². The van der Waals surface area contributed by atoms with Crippen molar-refractivity contribution in [2.24, 2.45) is 14.1 Å². The van der Waals surface area contributed by atoms with Crippen LogP contribution in [0.15, 0.2) is 33.9 Å². The lowest BCUT2D eigenvalue weighted by Gasteiger charge is -2.15. The molecule has 0 aliphatic heterocycles. The van der Waals surface area contributed by atoms with Crippen molar-refractivity contribution >= 4 is 11.8 Å². The highest BCUT2D eigenvalue weighted by atomic mass is 16.5. The van der Waals surface area contributed by atoms with Crippen LogP contribution >= 0.6 is 0 Å². The zero-order chi connectivity index (χ0) is 23.1. The smallest absolute Gasteiger partial charge is 0.330 e. The summed E-state index contributed by atoms with van der Waals surface area (Å²) in [5.41, 5.74) is 0.335. The van der Waals surface area contributed by atoms with Gasteiger partial charge in [0.15, 0.2) is 11.5 Å². The van der Waals surface area contributed by atoms with E-state index in [9.17, 15) is 19.2 Å². The van der Waals surface area contributed by atoms with Gasteiger partial charge < -0.3 is 20.1 Å². The summed E-state index contributed by atoms with van der Waals surface area (Å²) in [6.45, 7) is 1.55. The average molecular weight is 432 g/mol. The van der Waals surface area contributed by atoms with Gasteiger partial charge in [0, 0.05) is 32.3 Å². The molecule has 2 aromatic rings. The molecule has 2 amide bonds. The Hall–Kier alpha value is -3.56. The predicted octanol–water partition coefficient (Wildman–Crippen LogP) is -0.145. The first-order chi connectivity index (χ1) is 14.7. The standard InChI is InChI=1S/C21H28N4O6/c1-13(20(28)22-12-15-11-19(27)25(3)21(29)24(15)2)23-18(26)9-7-14-6-8-16(30-4)17(10-14)31-5/h6,8,10-11,13H,7,9,12H2,1-5H3,(H,22,28)(H,23,26). The summed E-state index contributed by atoms with van der Waals surface area (Å²) in [5, 5.41) is 5.27.